The highest BCUT2D eigenvalue weighted by atomic mass is 16.5. The van der Waals surface area contributed by atoms with Gasteiger partial charge in [0, 0.05) is 11.4 Å². The Morgan fingerprint density at radius 2 is 0.902 bits per heavy atom. The summed E-state index contributed by atoms with van der Waals surface area (Å²) < 4.78 is 11.8. The Balaban J connectivity index is 1.18. The van der Waals surface area contributed by atoms with Crippen molar-refractivity contribution in [2.24, 2.45) is 0 Å². The van der Waals surface area contributed by atoms with Crippen LogP contribution in [0.3, 0.4) is 0 Å². The molecule has 0 saturated carbocycles. The molecule has 0 unspecified atom stereocenters. The van der Waals surface area contributed by atoms with Crippen LogP contribution in [0, 0.1) is 13.8 Å². The monoisotopic (exact) mass is 672 g/mol. The molecule has 1 aliphatic carbocycles. The van der Waals surface area contributed by atoms with E-state index in [1.807, 2.05) is 86.6 Å². The third-order valence-electron chi connectivity index (χ3n) is 9.47. The van der Waals surface area contributed by atoms with Crippen molar-refractivity contribution in [2.45, 2.75) is 45.3 Å². The lowest BCUT2D eigenvalue weighted by molar-refractivity contribution is -0.122. The summed E-state index contributed by atoms with van der Waals surface area (Å²) in [6, 6.07) is 48.5. The highest BCUT2D eigenvalue weighted by Gasteiger charge is 2.45. The lowest BCUT2D eigenvalue weighted by Gasteiger charge is -2.34. The van der Waals surface area contributed by atoms with E-state index in [4.69, 9.17) is 9.47 Å². The van der Waals surface area contributed by atoms with Crippen LogP contribution in [-0.2, 0) is 15.0 Å². The van der Waals surface area contributed by atoms with Gasteiger partial charge in [0.25, 0.3) is 11.8 Å². The van der Waals surface area contributed by atoms with Gasteiger partial charge in [-0.25, -0.2) is 0 Å². The Bertz CT molecular complexity index is 2050. The van der Waals surface area contributed by atoms with Crippen LogP contribution in [0.1, 0.15) is 47.2 Å². The smallest absolute Gasteiger partial charge is 0.265 e. The lowest BCUT2D eigenvalue weighted by atomic mass is 9.67. The summed E-state index contributed by atoms with van der Waals surface area (Å²) in [5.41, 5.74) is 9.64. The predicted molar refractivity (Wildman–Crippen MR) is 204 cm³/mol. The van der Waals surface area contributed by atoms with Gasteiger partial charge in [0.1, 0.15) is 11.5 Å². The Hall–Kier alpha value is -6.14. The topological polar surface area (TPSA) is 76.7 Å². The largest absolute Gasteiger partial charge is 0.481 e. The summed E-state index contributed by atoms with van der Waals surface area (Å²) in [7, 11) is 0. The van der Waals surface area contributed by atoms with Gasteiger partial charge in [-0.2, -0.15) is 0 Å². The van der Waals surface area contributed by atoms with Gasteiger partial charge in [-0.05, 0) is 121 Å². The van der Waals surface area contributed by atoms with E-state index in [2.05, 4.69) is 83.4 Å². The maximum Gasteiger partial charge on any atom is 0.265 e. The lowest BCUT2D eigenvalue weighted by Crippen LogP contribution is -2.31. The molecule has 0 spiro atoms. The van der Waals surface area contributed by atoms with Crippen molar-refractivity contribution in [3.63, 3.8) is 0 Å². The average molecular weight is 673 g/mol. The molecule has 2 amide bonds. The molecule has 0 aliphatic heterocycles. The zero-order chi connectivity index (χ0) is 35.5. The number of hydrogen-bond acceptors (Lipinski definition) is 4. The fourth-order valence-electron chi connectivity index (χ4n) is 7.01. The first kappa shape index (κ1) is 33.4. The van der Waals surface area contributed by atoms with Crippen LogP contribution >= 0.6 is 0 Å². The molecule has 6 aromatic rings. The Morgan fingerprint density at radius 3 is 1.29 bits per heavy atom. The maximum absolute atomic E-state index is 13.1. The van der Waals surface area contributed by atoms with E-state index in [-0.39, 0.29) is 11.8 Å². The van der Waals surface area contributed by atoms with Crippen molar-refractivity contribution < 1.29 is 19.1 Å². The minimum Gasteiger partial charge on any atom is -0.481 e. The Kier molecular flexibility index (Phi) is 9.16. The van der Waals surface area contributed by atoms with Crippen molar-refractivity contribution in [3.8, 4) is 22.6 Å². The fraction of sp³-hybridized carbons (Fsp3) is 0.156. The van der Waals surface area contributed by atoms with Gasteiger partial charge in [0.2, 0.25) is 0 Å². The summed E-state index contributed by atoms with van der Waals surface area (Å²) in [6.45, 7) is 7.47. The van der Waals surface area contributed by atoms with E-state index < -0.39 is 17.6 Å². The first-order chi connectivity index (χ1) is 24.7. The molecule has 7 rings (SSSR count). The number of hydrogen-bond donors (Lipinski definition) is 2. The van der Waals surface area contributed by atoms with E-state index in [0.29, 0.717) is 22.9 Å². The maximum atomic E-state index is 13.1. The van der Waals surface area contributed by atoms with Gasteiger partial charge >= 0.3 is 0 Å². The molecule has 0 heterocycles. The van der Waals surface area contributed by atoms with E-state index >= 15 is 0 Å². The van der Waals surface area contributed by atoms with Crippen LogP contribution < -0.4 is 20.1 Å². The minimum atomic E-state index is -0.678. The van der Waals surface area contributed by atoms with Crippen LogP contribution in [0.2, 0.25) is 0 Å². The summed E-state index contributed by atoms with van der Waals surface area (Å²) >= 11 is 0. The first-order valence-electron chi connectivity index (χ1n) is 17.2. The minimum absolute atomic E-state index is 0.230. The Morgan fingerprint density at radius 1 is 0.510 bits per heavy atom. The first-order valence-corrected chi connectivity index (χ1v) is 17.2. The quantitative estimate of drug-likeness (QED) is 0.152. The molecule has 51 heavy (non-hydrogen) atoms. The summed E-state index contributed by atoms with van der Waals surface area (Å²) in [6.07, 6.45) is -1.36. The highest BCUT2D eigenvalue weighted by Crippen LogP contribution is 2.56. The van der Waals surface area contributed by atoms with Crippen LogP contribution in [0.15, 0.2) is 146 Å². The normalized spacial score (nSPS) is 13.6. The molecule has 2 N–H and O–H groups in total. The number of aryl methyl sites for hydroxylation is 2. The Labute approximate surface area is 299 Å². The van der Waals surface area contributed by atoms with Crippen molar-refractivity contribution >= 4 is 23.2 Å². The summed E-state index contributed by atoms with van der Waals surface area (Å²) in [5.74, 6) is 0.854. The molecular weight excluding hydrogens is 633 g/mol. The number of ether oxygens (including phenoxy) is 2. The number of benzene rings is 6. The third-order valence-corrected chi connectivity index (χ3v) is 9.47. The predicted octanol–water partition coefficient (Wildman–Crippen LogP) is 9.48. The van der Waals surface area contributed by atoms with Crippen LogP contribution in [0.5, 0.6) is 11.5 Å². The molecular formula is C45H40N2O4. The van der Waals surface area contributed by atoms with Crippen molar-refractivity contribution in [2.75, 3.05) is 10.6 Å². The molecule has 6 nitrogen and oxygen atoms in total. The number of rotatable bonds is 10. The molecule has 0 radical (unpaired) electrons. The molecule has 2 atom stereocenters. The van der Waals surface area contributed by atoms with Crippen LogP contribution in [0.4, 0.5) is 11.4 Å². The van der Waals surface area contributed by atoms with Gasteiger partial charge in [-0.15, -0.1) is 0 Å². The van der Waals surface area contributed by atoms with E-state index in [1.54, 1.807) is 13.8 Å². The standard InChI is InChI=1S/C45H40N2O4/c1-29-11-9-13-37(27-29)50-31(3)43(48)46-35-23-19-33(20-24-35)45(41-17-7-5-15-39(41)40-16-6-8-18-42(40)45)34-21-25-36(26-22-34)47-44(49)32(4)51-38-14-10-12-30(2)28-38/h5-28,31-32H,1-4H3,(H,46,48)(H,47,49)/t31-,32-/m0/s1. The molecule has 6 aromatic carbocycles. The van der Waals surface area contributed by atoms with Crippen LogP contribution in [-0.4, -0.2) is 24.0 Å². The van der Waals surface area contributed by atoms with Gasteiger partial charge in [-0.1, -0.05) is 97.1 Å². The number of carbonyl (C=O) groups is 2. The number of amides is 2. The fourth-order valence-corrected chi connectivity index (χ4v) is 7.01. The molecule has 0 aromatic heterocycles. The number of carbonyl (C=O) groups excluding carboxylic acids is 2. The number of nitrogens with one attached hydrogen (secondary N) is 2. The van der Waals surface area contributed by atoms with Gasteiger partial charge in [-0.3, -0.25) is 9.59 Å². The second-order valence-corrected chi connectivity index (χ2v) is 13.1. The third kappa shape index (κ3) is 6.61. The van der Waals surface area contributed by atoms with E-state index in [0.717, 1.165) is 22.3 Å². The molecule has 0 bridgehead atoms. The SMILES string of the molecule is Cc1cccc(O[C@@H](C)C(=O)Nc2ccc(C3(c4ccc(NC(=O)[C@H](C)Oc5cccc(C)c5)cc4)c4ccccc4-c4ccccc43)cc2)c1. The van der Waals surface area contributed by atoms with Crippen molar-refractivity contribution in [1.82, 2.24) is 0 Å². The van der Waals surface area contributed by atoms with Crippen LogP contribution in [0.25, 0.3) is 11.1 Å². The highest BCUT2D eigenvalue weighted by molar-refractivity contribution is 5.95. The van der Waals surface area contributed by atoms with Gasteiger partial charge in [0.15, 0.2) is 12.2 Å². The average Bonchev–Trinajstić information content (AvgIpc) is 3.43. The number of fused-ring (bicyclic) bond motifs is 3. The zero-order valence-corrected chi connectivity index (χ0v) is 29.1. The van der Waals surface area contributed by atoms with E-state index in [9.17, 15) is 9.59 Å². The molecule has 254 valence electrons. The summed E-state index contributed by atoms with van der Waals surface area (Å²) in [4.78, 5) is 26.3. The molecule has 0 fully saturated rings. The second kappa shape index (κ2) is 14.0. The molecule has 0 saturated heterocycles. The zero-order valence-electron chi connectivity index (χ0n) is 29.1. The molecule has 6 heteroatoms. The van der Waals surface area contributed by atoms with E-state index in [1.165, 1.54) is 22.3 Å². The van der Waals surface area contributed by atoms with Crippen molar-refractivity contribution in [3.05, 3.63) is 179 Å². The summed E-state index contributed by atoms with van der Waals surface area (Å²) in [5, 5.41) is 6.05. The van der Waals surface area contributed by atoms with Crippen molar-refractivity contribution in [1.29, 1.82) is 0 Å². The molecule has 1 aliphatic rings. The second-order valence-electron chi connectivity index (χ2n) is 13.1. The van der Waals surface area contributed by atoms with Gasteiger partial charge < -0.3 is 20.1 Å². The van der Waals surface area contributed by atoms with Gasteiger partial charge in [0.05, 0.1) is 5.41 Å². The number of anilines is 2.